The maximum atomic E-state index is 2.49. The van der Waals surface area contributed by atoms with E-state index >= 15 is 0 Å². The lowest BCUT2D eigenvalue weighted by molar-refractivity contribution is 1.52. The van der Waals surface area contributed by atoms with E-state index in [9.17, 15) is 0 Å². The fraction of sp³-hybridized carbons (Fsp3) is 0.118. The molecule has 0 aliphatic rings. The van der Waals surface area contributed by atoms with Crippen molar-refractivity contribution in [3.63, 3.8) is 0 Å². The Bertz CT molecular complexity index is 2140. The van der Waals surface area contributed by atoms with Gasteiger partial charge in [0.15, 0.2) is 0 Å². The number of hydrogen-bond acceptors (Lipinski definition) is 0. The predicted molar refractivity (Wildman–Crippen MR) is 150 cm³/mol. The zero-order valence-electron chi connectivity index (χ0n) is 19.9. The van der Waals surface area contributed by atoms with Gasteiger partial charge in [-0.1, -0.05) is 60.7 Å². The first-order chi connectivity index (χ1) is 16.6. The third-order valence-corrected chi connectivity index (χ3v) is 8.69. The molecule has 0 heterocycles. The van der Waals surface area contributed by atoms with Crippen molar-refractivity contribution in [1.29, 1.82) is 0 Å². The Balaban J connectivity index is 1.57. The maximum Gasteiger partial charge on any atom is -0.00173 e. The van der Waals surface area contributed by atoms with Crippen LogP contribution in [0, 0.1) is 27.7 Å². The van der Waals surface area contributed by atoms with Crippen LogP contribution in [0.25, 0.3) is 75.4 Å². The largest absolute Gasteiger partial charge is 0.0616 e. The van der Waals surface area contributed by atoms with Gasteiger partial charge in [-0.05, 0) is 137 Å². The molecule has 0 fully saturated rings. The van der Waals surface area contributed by atoms with Gasteiger partial charge in [-0.25, -0.2) is 0 Å². The van der Waals surface area contributed by atoms with Gasteiger partial charge in [-0.3, -0.25) is 0 Å². The second-order valence-electron chi connectivity index (χ2n) is 10.2. The zero-order chi connectivity index (χ0) is 22.9. The van der Waals surface area contributed by atoms with Crippen LogP contribution in [0.5, 0.6) is 0 Å². The van der Waals surface area contributed by atoms with Crippen molar-refractivity contribution in [2.24, 2.45) is 0 Å². The van der Waals surface area contributed by atoms with E-state index in [4.69, 9.17) is 0 Å². The molecule has 0 radical (unpaired) electrons. The lowest BCUT2D eigenvalue weighted by atomic mass is 9.79. The van der Waals surface area contributed by atoms with Crippen molar-refractivity contribution in [2.45, 2.75) is 27.7 Å². The molecule has 0 spiro atoms. The minimum absolute atomic E-state index is 1.33. The van der Waals surface area contributed by atoms with E-state index in [0.29, 0.717) is 0 Å². The van der Waals surface area contributed by atoms with Crippen molar-refractivity contribution in [2.75, 3.05) is 0 Å². The molecule has 8 aromatic rings. The fourth-order valence-electron chi connectivity index (χ4n) is 7.01. The Kier molecular flexibility index (Phi) is 3.25. The molecule has 0 heteroatoms. The molecule has 160 valence electrons. The van der Waals surface area contributed by atoms with Gasteiger partial charge < -0.3 is 0 Å². The number of aryl methyl sites for hydroxylation is 4. The molecule has 0 atom stereocenters. The number of rotatable bonds is 0. The van der Waals surface area contributed by atoms with E-state index < -0.39 is 0 Å². The summed E-state index contributed by atoms with van der Waals surface area (Å²) in [6.07, 6.45) is 0. The molecule has 0 unspecified atom stereocenters. The summed E-state index contributed by atoms with van der Waals surface area (Å²) in [6.45, 7) is 9.25. The highest BCUT2D eigenvalue weighted by atomic mass is 14.3. The van der Waals surface area contributed by atoms with Gasteiger partial charge >= 0.3 is 0 Å². The number of hydrogen-bond donors (Lipinski definition) is 0. The molecular weight excluding hydrogens is 408 g/mol. The van der Waals surface area contributed by atoms with Crippen LogP contribution in [0.4, 0.5) is 0 Å². The van der Waals surface area contributed by atoms with Crippen LogP contribution < -0.4 is 0 Å². The standard InChI is InChI=1S/C34H24/c1-17-22-10-7-8-11-23(22)18(2)32-29-16-27-20(4)33-30(19(3)26(27)15-28(29)31(17)32)25-14-13-21-9-5-6-12-24(21)34(25)33/h5-16H,1-4H3. The molecule has 0 amide bonds. The second-order valence-corrected chi connectivity index (χ2v) is 10.2. The molecule has 0 saturated heterocycles. The Hall–Kier alpha value is -3.90. The van der Waals surface area contributed by atoms with Crippen molar-refractivity contribution in [1.82, 2.24) is 0 Å². The van der Waals surface area contributed by atoms with Crippen molar-refractivity contribution < 1.29 is 0 Å². The second kappa shape index (κ2) is 5.96. The third kappa shape index (κ3) is 1.94. The van der Waals surface area contributed by atoms with Crippen LogP contribution in [-0.4, -0.2) is 0 Å². The summed E-state index contributed by atoms with van der Waals surface area (Å²) < 4.78 is 0. The first kappa shape index (κ1) is 18.5. The van der Waals surface area contributed by atoms with Crippen molar-refractivity contribution in [3.05, 3.63) is 95.1 Å². The third-order valence-electron chi connectivity index (χ3n) is 8.69. The van der Waals surface area contributed by atoms with Gasteiger partial charge in [-0.15, -0.1) is 0 Å². The highest BCUT2D eigenvalue weighted by molar-refractivity contribution is 6.39. The van der Waals surface area contributed by atoms with E-state index in [-0.39, 0.29) is 0 Å². The molecule has 0 N–H and O–H groups in total. The highest BCUT2D eigenvalue weighted by Gasteiger charge is 2.23. The van der Waals surface area contributed by atoms with E-state index in [0.717, 1.165) is 0 Å². The van der Waals surface area contributed by atoms with E-state index in [1.54, 1.807) is 0 Å². The Morgan fingerprint density at radius 2 is 0.794 bits per heavy atom. The zero-order valence-corrected chi connectivity index (χ0v) is 19.9. The summed E-state index contributed by atoms with van der Waals surface area (Å²) in [5.41, 5.74) is 5.67. The predicted octanol–water partition coefficient (Wildman–Crippen LogP) is 9.87. The molecule has 0 nitrogen and oxygen atoms in total. The van der Waals surface area contributed by atoms with Crippen LogP contribution in [0.15, 0.2) is 72.8 Å². The van der Waals surface area contributed by atoms with Crippen molar-refractivity contribution in [3.8, 4) is 0 Å². The summed E-state index contributed by atoms with van der Waals surface area (Å²) in [4.78, 5) is 0. The Morgan fingerprint density at radius 1 is 0.324 bits per heavy atom. The average molecular weight is 433 g/mol. The lowest BCUT2D eigenvalue weighted by Crippen LogP contribution is -1.98. The van der Waals surface area contributed by atoms with Gasteiger partial charge in [0.1, 0.15) is 0 Å². The first-order valence-electron chi connectivity index (χ1n) is 12.2. The first-order valence-corrected chi connectivity index (χ1v) is 12.2. The van der Waals surface area contributed by atoms with E-state index in [1.807, 2.05) is 0 Å². The lowest BCUT2D eigenvalue weighted by Gasteiger charge is -2.24. The molecule has 34 heavy (non-hydrogen) atoms. The van der Waals surface area contributed by atoms with Crippen LogP contribution in [0.1, 0.15) is 22.3 Å². The summed E-state index contributed by atoms with van der Waals surface area (Å²) in [7, 11) is 0. The summed E-state index contributed by atoms with van der Waals surface area (Å²) in [5.74, 6) is 0. The summed E-state index contributed by atoms with van der Waals surface area (Å²) in [5, 5.41) is 19.8. The quantitative estimate of drug-likeness (QED) is 0.224. The van der Waals surface area contributed by atoms with Crippen molar-refractivity contribution >= 4 is 75.4 Å². The average Bonchev–Trinajstić information content (AvgIpc) is 2.83. The van der Waals surface area contributed by atoms with E-state index in [1.165, 1.54) is 97.7 Å². The van der Waals surface area contributed by atoms with Crippen LogP contribution in [0.3, 0.4) is 0 Å². The Labute approximate surface area is 198 Å². The SMILES string of the molecule is Cc1c2ccccc2c(C)c2c3cc4c(C)c5c(c(C)c4cc3c12)c1ccc2ccccc2c15. The molecule has 0 saturated carbocycles. The van der Waals surface area contributed by atoms with Crippen LogP contribution in [0.2, 0.25) is 0 Å². The van der Waals surface area contributed by atoms with Gasteiger partial charge in [0.05, 0.1) is 0 Å². The molecule has 8 aromatic carbocycles. The number of benzene rings is 6. The molecule has 0 aliphatic carbocycles. The summed E-state index contributed by atoms with van der Waals surface area (Å²) >= 11 is 0. The molecular formula is C34H24. The normalized spacial score (nSPS) is 12.7. The van der Waals surface area contributed by atoms with Crippen LogP contribution >= 0.6 is 0 Å². The topological polar surface area (TPSA) is 0 Å². The maximum absolute atomic E-state index is 2.49. The van der Waals surface area contributed by atoms with Gasteiger partial charge in [0.25, 0.3) is 0 Å². The molecule has 0 bridgehead atoms. The minimum atomic E-state index is 1.33. The molecule has 0 aliphatic heterocycles. The molecule has 0 aromatic heterocycles. The van der Waals surface area contributed by atoms with Gasteiger partial charge in [0, 0.05) is 0 Å². The molecule has 8 rings (SSSR count). The van der Waals surface area contributed by atoms with Crippen LogP contribution in [-0.2, 0) is 0 Å². The van der Waals surface area contributed by atoms with Gasteiger partial charge in [-0.2, -0.15) is 0 Å². The summed E-state index contributed by atoms with van der Waals surface area (Å²) in [6, 6.07) is 27.3. The smallest absolute Gasteiger partial charge is 0.00173 e. The minimum Gasteiger partial charge on any atom is -0.0616 e. The van der Waals surface area contributed by atoms with E-state index in [2.05, 4.69) is 100 Å². The fourth-order valence-corrected chi connectivity index (χ4v) is 7.01. The number of fused-ring (bicyclic) bond motifs is 12. The van der Waals surface area contributed by atoms with Gasteiger partial charge in [0.2, 0.25) is 0 Å². The Morgan fingerprint density at radius 3 is 1.41 bits per heavy atom. The monoisotopic (exact) mass is 432 g/mol. The highest BCUT2D eigenvalue weighted by Crippen LogP contribution is 2.50.